The minimum absolute atomic E-state index is 0.109. The summed E-state index contributed by atoms with van der Waals surface area (Å²) < 4.78 is 48.8. The van der Waals surface area contributed by atoms with Crippen LogP contribution in [0.4, 0.5) is 4.39 Å². The quantitative estimate of drug-likeness (QED) is 0.346. The highest BCUT2D eigenvalue weighted by atomic mass is 79.9. The molecule has 0 spiro atoms. The van der Waals surface area contributed by atoms with Crippen molar-refractivity contribution in [3.63, 3.8) is 0 Å². The van der Waals surface area contributed by atoms with E-state index < -0.39 is 30.2 Å². The van der Waals surface area contributed by atoms with Crippen LogP contribution >= 0.6 is 15.9 Å². The second-order valence-corrected chi connectivity index (χ2v) is 12.9. The maximum atomic E-state index is 13.5. The van der Waals surface area contributed by atoms with Gasteiger partial charge in [-0.25, -0.2) is 9.11 Å². The van der Waals surface area contributed by atoms with Gasteiger partial charge in [0, 0.05) is 23.4 Å². The largest absolute Gasteiger partial charge is 0.760 e. The van der Waals surface area contributed by atoms with Gasteiger partial charge in [-0.2, -0.15) is 0 Å². The number of furan rings is 1. The average molecular weight is 465 g/mol. The number of nitrogens with one attached hydrogen (secondary N) is 1. The molecule has 2 atom stereocenters. The molecule has 0 aliphatic carbocycles. The zero-order chi connectivity index (χ0) is 19.5. The summed E-state index contributed by atoms with van der Waals surface area (Å²) in [5.41, 5.74) is 0.382. The molecule has 0 aliphatic rings. The average Bonchev–Trinajstić information content (AvgIpc) is 2.82. The Kier molecular flexibility index (Phi) is 7.03. The highest BCUT2D eigenvalue weighted by molar-refractivity contribution is 9.09. The molecule has 0 bridgehead atoms. The third-order valence-corrected chi connectivity index (χ3v) is 5.39. The molecule has 0 saturated heterocycles. The van der Waals surface area contributed by atoms with Gasteiger partial charge in [0.1, 0.15) is 5.82 Å². The Labute approximate surface area is 163 Å². The Hall–Kier alpha value is -1.20. The van der Waals surface area contributed by atoms with Crippen molar-refractivity contribution in [1.29, 1.82) is 0 Å². The first-order valence-corrected chi connectivity index (χ1v) is 13.3. The van der Waals surface area contributed by atoms with Crippen LogP contribution in [0.5, 0.6) is 11.5 Å². The Bertz CT molecular complexity index is 795. The van der Waals surface area contributed by atoms with Crippen molar-refractivity contribution in [3.05, 3.63) is 35.8 Å². The second kappa shape index (κ2) is 8.66. The van der Waals surface area contributed by atoms with Crippen molar-refractivity contribution in [2.45, 2.75) is 30.9 Å². The highest BCUT2D eigenvalue weighted by Gasteiger charge is 2.30. The molecule has 1 aromatic carbocycles. The summed E-state index contributed by atoms with van der Waals surface area (Å²) in [6.07, 6.45) is 0.367. The summed E-state index contributed by atoms with van der Waals surface area (Å²) >= 11 is 1.09. The highest BCUT2D eigenvalue weighted by Crippen LogP contribution is 2.48. The summed E-state index contributed by atoms with van der Waals surface area (Å²) in [6.45, 7) is 6.04. The van der Waals surface area contributed by atoms with Gasteiger partial charge in [0.2, 0.25) is 14.1 Å². The van der Waals surface area contributed by atoms with E-state index in [4.69, 9.17) is 8.84 Å². The Morgan fingerprint density at radius 2 is 2.15 bits per heavy atom. The second-order valence-electron chi connectivity index (χ2n) is 6.58. The fraction of sp³-hybridized carbons (Fsp3) is 0.375. The third kappa shape index (κ3) is 5.65. The topological polar surface area (TPSA) is 94.8 Å². The van der Waals surface area contributed by atoms with E-state index in [0.29, 0.717) is 17.7 Å². The molecule has 2 aromatic rings. The van der Waals surface area contributed by atoms with Crippen molar-refractivity contribution in [2.75, 3.05) is 6.54 Å². The van der Waals surface area contributed by atoms with Crippen LogP contribution in [-0.4, -0.2) is 28.7 Å². The molecule has 26 heavy (non-hydrogen) atoms. The lowest BCUT2D eigenvalue weighted by Gasteiger charge is -2.20. The molecular formula is C16H20BrFNO5SSi-. The Morgan fingerprint density at radius 1 is 1.46 bits per heavy atom. The number of halogens is 2. The predicted octanol–water partition coefficient (Wildman–Crippen LogP) is 4.21. The molecule has 1 heterocycles. The first kappa shape index (κ1) is 21.1. The molecule has 0 radical (unpaired) electrons. The standard InChI is InChI=1S/C16H21BrFNO5SSi/c1-26(2,3)24-16-13(20)14(10-5-4-6-11(18)9-10)23-15(16)12(17)7-8-19-25(21)22/h4-6,9,12,19-20H,7-8H2,1-3H3,(H,21,22)/p-1. The third-order valence-electron chi connectivity index (χ3n) is 3.26. The van der Waals surface area contributed by atoms with E-state index >= 15 is 0 Å². The van der Waals surface area contributed by atoms with Crippen molar-refractivity contribution in [2.24, 2.45) is 0 Å². The molecule has 10 heteroatoms. The number of aromatic hydroxyl groups is 1. The number of hydrogen-bond donors (Lipinski definition) is 2. The minimum atomic E-state index is -2.36. The van der Waals surface area contributed by atoms with Crippen LogP contribution in [0.25, 0.3) is 11.3 Å². The molecule has 0 amide bonds. The van der Waals surface area contributed by atoms with Crippen molar-refractivity contribution < 1.29 is 27.1 Å². The van der Waals surface area contributed by atoms with Gasteiger partial charge in [-0.05, 0) is 38.2 Å². The summed E-state index contributed by atoms with van der Waals surface area (Å²) in [5.74, 6) is -0.00311. The van der Waals surface area contributed by atoms with Crippen LogP contribution < -0.4 is 9.15 Å². The molecule has 144 valence electrons. The van der Waals surface area contributed by atoms with E-state index in [1.54, 1.807) is 6.07 Å². The smallest absolute Gasteiger partial charge is 0.242 e. The zero-order valence-corrected chi connectivity index (χ0v) is 17.9. The molecule has 1 aromatic heterocycles. The van der Waals surface area contributed by atoms with Crippen LogP contribution in [0.3, 0.4) is 0 Å². The summed E-state index contributed by atoms with van der Waals surface area (Å²) in [4.78, 5) is -0.405. The first-order chi connectivity index (χ1) is 12.1. The van der Waals surface area contributed by atoms with E-state index in [1.807, 2.05) is 19.6 Å². The molecule has 2 rings (SSSR count). The lowest BCUT2D eigenvalue weighted by molar-refractivity contribution is 0.438. The number of alkyl halides is 1. The fourth-order valence-electron chi connectivity index (χ4n) is 2.26. The molecule has 2 N–H and O–H groups in total. The number of rotatable bonds is 8. The molecule has 6 nitrogen and oxygen atoms in total. The van der Waals surface area contributed by atoms with E-state index in [1.165, 1.54) is 18.2 Å². The van der Waals surface area contributed by atoms with Gasteiger partial charge in [0.05, 0.1) is 4.83 Å². The number of hydrogen-bond acceptors (Lipinski definition) is 5. The molecular weight excluding hydrogens is 445 g/mol. The maximum absolute atomic E-state index is 13.5. The minimum Gasteiger partial charge on any atom is -0.760 e. The van der Waals surface area contributed by atoms with Crippen LogP contribution in [-0.2, 0) is 11.3 Å². The van der Waals surface area contributed by atoms with E-state index in [0.717, 1.165) is 0 Å². The van der Waals surface area contributed by atoms with E-state index in [9.17, 15) is 18.3 Å². The summed E-state index contributed by atoms with van der Waals surface area (Å²) in [6, 6.07) is 5.69. The summed E-state index contributed by atoms with van der Waals surface area (Å²) in [7, 11) is -2.08. The maximum Gasteiger partial charge on any atom is 0.242 e. The molecule has 0 fully saturated rings. The van der Waals surface area contributed by atoms with Gasteiger partial charge < -0.3 is 18.5 Å². The Morgan fingerprint density at radius 3 is 2.73 bits per heavy atom. The zero-order valence-electron chi connectivity index (χ0n) is 14.5. The lowest BCUT2D eigenvalue weighted by atomic mass is 10.1. The van der Waals surface area contributed by atoms with Gasteiger partial charge in [0.15, 0.2) is 17.3 Å². The van der Waals surface area contributed by atoms with Gasteiger partial charge in [-0.1, -0.05) is 28.1 Å². The predicted molar refractivity (Wildman–Crippen MR) is 103 cm³/mol. The van der Waals surface area contributed by atoms with Gasteiger partial charge >= 0.3 is 0 Å². The van der Waals surface area contributed by atoms with Crippen molar-refractivity contribution >= 4 is 35.5 Å². The van der Waals surface area contributed by atoms with Crippen LogP contribution in [0.15, 0.2) is 28.7 Å². The van der Waals surface area contributed by atoms with Gasteiger partial charge in [-0.3, -0.25) is 4.21 Å². The van der Waals surface area contributed by atoms with Crippen LogP contribution in [0, 0.1) is 5.82 Å². The van der Waals surface area contributed by atoms with Gasteiger partial charge in [0.25, 0.3) is 0 Å². The van der Waals surface area contributed by atoms with Crippen molar-refractivity contribution in [1.82, 2.24) is 4.72 Å². The SMILES string of the molecule is C[Si](C)(C)Oc1c(C(Br)CCNS(=O)[O-])oc(-c2cccc(F)c2)c1O. The lowest BCUT2D eigenvalue weighted by Crippen LogP contribution is -2.29. The Balaban J connectivity index is 2.41. The summed E-state index contributed by atoms with van der Waals surface area (Å²) in [5, 5.41) is 10.6. The number of benzene rings is 1. The fourth-order valence-corrected chi connectivity index (χ4v) is 3.89. The van der Waals surface area contributed by atoms with Gasteiger partial charge in [-0.15, -0.1) is 0 Å². The van der Waals surface area contributed by atoms with E-state index in [2.05, 4.69) is 20.7 Å². The molecule has 0 aliphatic heterocycles. The normalized spacial score (nSPS) is 14.2. The van der Waals surface area contributed by atoms with Crippen molar-refractivity contribution in [3.8, 4) is 22.8 Å². The first-order valence-electron chi connectivity index (χ1n) is 7.86. The molecule has 2 unspecified atom stereocenters. The monoisotopic (exact) mass is 464 g/mol. The van der Waals surface area contributed by atoms with Crippen LogP contribution in [0.1, 0.15) is 17.0 Å². The molecule has 0 saturated carbocycles. The van der Waals surface area contributed by atoms with E-state index in [-0.39, 0.29) is 23.8 Å². The van der Waals surface area contributed by atoms with Crippen LogP contribution in [0.2, 0.25) is 19.6 Å².